The summed E-state index contributed by atoms with van der Waals surface area (Å²) in [5, 5.41) is 2.34. The first-order valence-corrected chi connectivity index (χ1v) is 16.0. The number of carbonyl (C=O) groups is 3. The second-order valence-corrected chi connectivity index (χ2v) is 14.5. The number of thioether (sulfide) groups is 1. The maximum Gasteiger partial charge on any atom is 0.410 e. The van der Waals surface area contributed by atoms with Gasteiger partial charge in [-0.15, -0.1) is 0 Å². The van der Waals surface area contributed by atoms with Crippen LogP contribution in [-0.4, -0.2) is 79.0 Å². The average molecular weight is 571 g/mol. The summed E-state index contributed by atoms with van der Waals surface area (Å²) in [6.07, 6.45) is 2.02. The van der Waals surface area contributed by atoms with E-state index in [1.807, 2.05) is 36.6 Å². The summed E-state index contributed by atoms with van der Waals surface area (Å²) in [6.45, 7) is 9.01. The lowest BCUT2D eigenvalue weighted by Crippen LogP contribution is -2.56. The number of rotatable bonds is 11. The molecule has 2 rings (SSSR count). The molecule has 0 saturated carbocycles. The van der Waals surface area contributed by atoms with Crippen LogP contribution in [-0.2, 0) is 35.5 Å². The minimum Gasteiger partial charge on any atom is -0.460 e. The average Bonchev–Trinajstić information content (AvgIpc) is 2.83. The predicted octanol–water partition coefficient (Wildman–Crippen LogP) is 3.66. The third-order valence-corrected chi connectivity index (χ3v) is 9.29. The SMILES string of the molecule is CSCC[C@@H](C(=O)N[C@H]1CCN(C(=O)OC(C)(C)C)C[C@H]1CS(=O)(=O)C(C)C)C(=O)OCc1ccccc1. The van der Waals surface area contributed by atoms with E-state index in [4.69, 9.17) is 9.47 Å². The van der Waals surface area contributed by atoms with Crippen molar-refractivity contribution in [1.29, 1.82) is 0 Å². The molecule has 1 saturated heterocycles. The first-order chi connectivity index (χ1) is 17.7. The molecule has 1 heterocycles. The van der Waals surface area contributed by atoms with E-state index in [0.29, 0.717) is 25.1 Å². The quantitative estimate of drug-likeness (QED) is 0.316. The molecule has 2 amide bonds. The van der Waals surface area contributed by atoms with Crippen LogP contribution in [0.5, 0.6) is 0 Å². The second kappa shape index (κ2) is 14.2. The van der Waals surface area contributed by atoms with Crippen molar-refractivity contribution in [3.63, 3.8) is 0 Å². The van der Waals surface area contributed by atoms with E-state index in [0.717, 1.165) is 5.56 Å². The Morgan fingerprint density at radius 1 is 1.16 bits per heavy atom. The van der Waals surface area contributed by atoms with Crippen molar-refractivity contribution >= 4 is 39.6 Å². The van der Waals surface area contributed by atoms with Gasteiger partial charge in [-0.05, 0) is 65.0 Å². The van der Waals surface area contributed by atoms with Gasteiger partial charge in [0.05, 0.1) is 11.0 Å². The number of nitrogens with zero attached hydrogens (tertiary/aromatic N) is 1. The maximum absolute atomic E-state index is 13.3. The van der Waals surface area contributed by atoms with Crippen molar-refractivity contribution in [3.8, 4) is 0 Å². The van der Waals surface area contributed by atoms with Gasteiger partial charge < -0.3 is 19.7 Å². The summed E-state index contributed by atoms with van der Waals surface area (Å²) in [5.74, 6) is -2.27. The molecule has 38 heavy (non-hydrogen) atoms. The van der Waals surface area contributed by atoms with Crippen LogP contribution in [0.4, 0.5) is 4.79 Å². The van der Waals surface area contributed by atoms with E-state index in [2.05, 4.69) is 5.32 Å². The highest BCUT2D eigenvalue weighted by Gasteiger charge is 2.39. The zero-order chi connectivity index (χ0) is 28.5. The summed E-state index contributed by atoms with van der Waals surface area (Å²) >= 11 is 1.52. The van der Waals surface area contributed by atoms with Crippen LogP contribution < -0.4 is 5.32 Å². The van der Waals surface area contributed by atoms with Crippen molar-refractivity contribution in [2.75, 3.05) is 30.9 Å². The molecular formula is C27H42N2O7S2. The van der Waals surface area contributed by atoms with Crippen LogP contribution >= 0.6 is 11.8 Å². The molecule has 1 aliphatic rings. The number of benzene rings is 1. The van der Waals surface area contributed by atoms with Crippen LogP contribution in [0.1, 0.15) is 53.0 Å². The normalized spacial score (nSPS) is 19.1. The number of sulfone groups is 1. The molecule has 1 fully saturated rings. The van der Waals surface area contributed by atoms with Gasteiger partial charge in [-0.1, -0.05) is 30.3 Å². The first-order valence-electron chi connectivity index (χ1n) is 12.9. The molecule has 3 atom stereocenters. The third-order valence-electron chi connectivity index (χ3n) is 6.31. The lowest BCUT2D eigenvalue weighted by atomic mass is 9.92. The van der Waals surface area contributed by atoms with Gasteiger partial charge in [0.2, 0.25) is 5.91 Å². The number of piperidine rings is 1. The number of esters is 1. The second-order valence-electron chi connectivity index (χ2n) is 10.9. The van der Waals surface area contributed by atoms with E-state index in [9.17, 15) is 22.8 Å². The molecule has 0 spiro atoms. The van der Waals surface area contributed by atoms with Crippen LogP contribution in [0.25, 0.3) is 0 Å². The molecular weight excluding hydrogens is 528 g/mol. The van der Waals surface area contributed by atoms with Crippen molar-refractivity contribution in [2.45, 2.75) is 71.0 Å². The smallest absolute Gasteiger partial charge is 0.410 e. The molecule has 0 bridgehead atoms. The molecule has 1 aromatic rings. The van der Waals surface area contributed by atoms with Gasteiger partial charge in [0, 0.05) is 25.0 Å². The van der Waals surface area contributed by atoms with E-state index >= 15 is 0 Å². The van der Waals surface area contributed by atoms with Gasteiger partial charge in [-0.3, -0.25) is 9.59 Å². The number of hydrogen-bond acceptors (Lipinski definition) is 8. The molecule has 11 heteroatoms. The molecule has 1 N–H and O–H groups in total. The maximum atomic E-state index is 13.3. The monoisotopic (exact) mass is 570 g/mol. The van der Waals surface area contributed by atoms with Gasteiger partial charge >= 0.3 is 12.1 Å². The Balaban J connectivity index is 2.17. The molecule has 0 aromatic heterocycles. The van der Waals surface area contributed by atoms with Gasteiger partial charge in [0.1, 0.15) is 18.1 Å². The van der Waals surface area contributed by atoms with E-state index in [-0.39, 0.29) is 18.9 Å². The Hall–Kier alpha value is -2.27. The molecule has 0 aliphatic carbocycles. The van der Waals surface area contributed by atoms with Gasteiger partial charge in [-0.2, -0.15) is 11.8 Å². The molecule has 0 radical (unpaired) electrons. The highest BCUT2D eigenvalue weighted by Crippen LogP contribution is 2.24. The Morgan fingerprint density at radius 3 is 2.39 bits per heavy atom. The minimum atomic E-state index is -3.47. The van der Waals surface area contributed by atoms with E-state index < -0.39 is 56.5 Å². The minimum absolute atomic E-state index is 0.0618. The largest absolute Gasteiger partial charge is 0.460 e. The number of ether oxygens (including phenoxy) is 2. The number of carbonyl (C=O) groups excluding carboxylic acids is 3. The Morgan fingerprint density at radius 2 is 1.82 bits per heavy atom. The van der Waals surface area contributed by atoms with E-state index in [1.165, 1.54) is 16.7 Å². The van der Waals surface area contributed by atoms with Gasteiger partial charge in [-0.25, -0.2) is 13.2 Å². The number of hydrogen-bond donors (Lipinski definition) is 1. The molecule has 1 aliphatic heterocycles. The summed E-state index contributed by atoms with van der Waals surface area (Å²) < 4.78 is 36.6. The zero-order valence-corrected chi connectivity index (χ0v) is 24.9. The Labute approximate surface area is 231 Å². The van der Waals surface area contributed by atoms with Gasteiger partial charge in [0.25, 0.3) is 0 Å². The lowest BCUT2D eigenvalue weighted by molar-refractivity contribution is -0.154. The van der Waals surface area contributed by atoms with Crippen molar-refractivity contribution in [1.82, 2.24) is 10.2 Å². The Bertz CT molecular complexity index is 1040. The number of nitrogens with one attached hydrogen (secondary N) is 1. The third kappa shape index (κ3) is 10.1. The fourth-order valence-corrected chi connectivity index (χ4v) is 5.87. The molecule has 0 unspecified atom stereocenters. The molecule has 214 valence electrons. The fourth-order valence-electron chi connectivity index (χ4n) is 4.08. The van der Waals surface area contributed by atoms with Crippen molar-refractivity contribution < 1.29 is 32.3 Å². The van der Waals surface area contributed by atoms with Crippen LogP contribution in [0.2, 0.25) is 0 Å². The zero-order valence-electron chi connectivity index (χ0n) is 23.3. The summed E-state index contributed by atoms with van der Waals surface area (Å²) in [5.41, 5.74) is 0.130. The summed E-state index contributed by atoms with van der Waals surface area (Å²) in [6, 6.07) is 8.70. The predicted molar refractivity (Wildman–Crippen MR) is 149 cm³/mol. The fraction of sp³-hybridized carbons (Fsp3) is 0.667. The topological polar surface area (TPSA) is 119 Å². The summed E-state index contributed by atoms with van der Waals surface area (Å²) in [7, 11) is -3.47. The van der Waals surface area contributed by atoms with E-state index in [1.54, 1.807) is 34.6 Å². The van der Waals surface area contributed by atoms with Crippen LogP contribution in [0.3, 0.4) is 0 Å². The van der Waals surface area contributed by atoms with Gasteiger partial charge in [0.15, 0.2) is 9.84 Å². The van der Waals surface area contributed by atoms with Crippen LogP contribution in [0, 0.1) is 11.8 Å². The highest BCUT2D eigenvalue weighted by atomic mass is 32.2. The first kappa shape index (κ1) is 31.9. The van der Waals surface area contributed by atoms with Crippen molar-refractivity contribution in [3.05, 3.63) is 35.9 Å². The Kier molecular flexibility index (Phi) is 11.9. The number of likely N-dealkylation sites (tertiary alicyclic amines) is 1. The number of amides is 2. The highest BCUT2D eigenvalue weighted by molar-refractivity contribution is 7.98. The van der Waals surface area contributed by atoms with Crippen molar-refractivity contribution in [2.24, 2.45) is 11.8 Å². The molecule has 1 aromatic carbocycles. The summed E-state index contributed by atoms with van der Waals surface area (Å²) in [4.78, 5) is 40.5. The molecule has 9 nitrogen and oxygen atoms in total. The standard InChI is InChI=1S/C27H42N2O7S2/c1-19(2)38(33,34)18-21-16-29(26(32)36-27(3,4)5)14-12-23(21)28-24(30)22(13-15-37-6)25(31)35-17-20-10-8-7-9-11-20/h7-11,19,21-23H,12-18H2,1-6H3,(H,28,30)/t21-,22-,23-/m0/s1. The lowest BCUT2D eigenvalue weighted by Gasteiger charge is -2.39. The van der Waals surface area contributed by atoms with Crippen LogP contribution in [0.15, 0.2) is 30.3 Å².